The summed E-state index contributed by atoms with van der Waals surface area (Å²) in [5.41, 5.74) is 5.92. The number of fused-ring (bicyclic) bond motifs is 2. The molecule has 0 fully saturated rings. The average molecular weight is 526 g/mol. The standard InChI is InChI=1S/C29H24ClN5O3/c1-18-15-32-35-27(14-24(34-29(18)35)22-7-2-3-8-23(22)30)31-16-20-5-4-6-21(11-20)33-28(36)13-19-9-10-25-26(12-19)38-17-37-25/h2-12,14-15,31H,13,16-17H2,1H3,(H,33,36). The Balaban J connectivity index is 1.18. The van der Waals surface area contributed by atoms with Crippen LogP contribution in [0.1, 0.15) is 16.7 Å². The molecular weight excluding hydrogens is 502 g/mol. The Morgan fingerprint density at radius 3 is 2.76 bits per heavy atom. The number of hydrogen-bond donors (Lipinski definition) is 2. The van der Waals surface area contributed by atoms with Crippen LogP contribution in [0.5, 0.6) is 11.5 Å². The highest BCUT2D eigenvalue weighted by atomic mass is 35.5. The number of amides is 1. The van der Waals surface area contributed by atoms with E-state index < -0.39 is 0 Å². The highest BCUT2D eigenvalue weighted by Gasteiger charge is 2.15. The minimum atomic E-state index is -0.110. The molecule has 0 saturated carbocycles. The first-order valence-corrected chi connectivity index (χ1v) is 12.5. The molecule has 1 aliphatic heterocycles. The molecule has 3 aromatic carbocycles. The van der Waals surface area contributed by atoms with Gasteiger partial charge in [0.1, 0.15) is 5.82 Å². The average Bonchev–Trinajstić information content (AvgIpc) is 3.54. The number of nitrogens with one attached hydrogen (secondary N) is 2. The van der Waals surface area contributed by atoms with Gasteiger partial charge < -0.3 is 20.1 Å². The monoisotopic (exact) mass is 525 g/mol. The zero-order valence-corrected chi connectivity index (χ0v) is 21.3. The van der Waals surface area contributed by atoms with Crippen LogP contribution in [0.2, 0.25) is 5.02 Å². The maximum atomic E-state index is 12.7. The Morgan fingerprint density at radius 1 is 1.00 bits per heavy atom. The number of rotatable bonds is 7. The van der Waals surface area contributed by atoms with Gasteiger partial charge in [0, 0.05) is 34.4 Å². The second kappa shape index (κ2) is 10.1. The van der Waals surface area contributed by atoms with Crippen LogP contribution in [-0.2, 0) is 17.8 Å². The molecule has 190 valence electrons. The summed E-state index contributed by atoms with van der Waals surface area (Å²) >= 11 is 6.45. The molecule has 2 N–H and O–H groups in total. The summed E-state index contributed by atoms with van der Waals surface area (Å²) in [4.78, 5) is 17.5. The van der Waals surface area contributed by atoms with Gasteiger partial charge >= 0.3 is 0 Å². The van der Waals surface area contributed by atoms with E-state index in [2.05, 4.69) is 15.7 Å². The molecule has 0 spiro atoms. The van der Waals surface area contributed by atoms with Crippen molar-refractivity contribution in [3.63, 3.8) is 0 Å². The fraction of sp³-hybridized carbons (Fsp3) is 0.138. The first kappa shape index (κ1) is 23.8. The smallest absolute Gasteiger partial charge is 0.231 e. The fourth-order valence-corrected chi connectivity index (χ4v) is 4.63. The van der Waals surface area contributed by atoms with Gasteiger partial charge in [0.05, 0.1) is 18.3 Å². The molecule has 0 saturated heterocycles. The third-order valence-electron chi connectivity index (χ3n) is 6.28. The van der Waals surface area contributed by atoms with Gasteiger partial charge in [0.2, 0.25) is 12.7 Å². The van der Waals surface area contributed by atoms with Crippen LogP contribution in [0.4, 0.5) is 11.5 Å². The molecule has 8 nitrogen and oxygen atoms in total. The van der Waals surface area contributed by atoms with E-state index in [0.29, 0.717) is 23.1 Å². The van der Waals surface area contributed by atoms with Crippen molar-refractivity contribution in [2.45, 2.75) is 19.9 Å². The van der Waals surface area contributed by atoms with E-state index in [0.717, 1.165) is 45.1 Å². The van der Waals surface area contributed by atoms with E-state index in [9.17, 15) is 4.79 Å². The molecule has 6 rings (SSSR count). The Kier molecular flexibility index (Phi) is 6.31. The van der Waals surface area contributed by atoms with Crippen molar-refractivity contribution >= 4 is 34.7 Å². The molecule has 38 heavy (non-hydrogen) atoms. The highest BCUT2D eigenvalue weighted by Crippen LogP contribution is 2.33. The van der Waals surface area contributed by atoms with Crippen LogP contribution in [0, 0.1) is 6.92 Å². The topological polar surface area (TPSA) is 89.8 Å². The Morgan fingerprint density at radius 2 is 1.87 bits per heavy atom. The third kappa shape index (κ3) is 4.86. The Hall–Kier alpha value is -4.56. The molecular formula is C29H24ClN5O3. The molecule has 0 bridgehead atoms. The maximum absolute atomic E-state index is 12.7. The van der Waals surface area contributed by atoms with Crippen molar-refractivity contribution in [3.05, 3.63) is 101 Å². The second-order valence-corrected chi connectivity index (χ2v) is 9.44. The number of benzene rings is 3. The Bertz CT molecular complexity index is 1670. The Labute approximate surface area is 224 Å². The quantitative estimate of drug-likeness (QED) is 0.276. The molecule has 1 aliphatic rings. The summed E-state index contributed by atoms with van der Waals surface area (Å²) in [7, 11) is 0. The molecule has 3 heterocycles. The first-order valence-electron chi connectivity index (χ1n) is 12.1. The minimum Gasteiger partial charge on any atom is -0.454 e. The zero-order valence-electron chi connectivity index (χ0n) is 20.6. The van der Waals surface area contributed by atoms with Gasteiger partial charge in [-0.15, -0.1) is 0 Å². The van der Waals surface area contributed by atoms with E-state index in [4.69, 9.17) is 26.1 Å². The number of nitrogens with zero attached hydrogens (tertiary/aromatic N) is 3. The first-order chi connectivity index (χ1) is 18.5. The SMILES string of the molecule is Cc1cnn2c(NCc3cccc(NC(=O)Cc4ccc5c(c4)OCO5)c3)cc(-c3ccccc3Cl)nc12. The number of anilines is 2. The number of hydrogen-bond acceptors (Lipinski definition) is 6. The molecule has 1 amide bonds. The van der Waals surface area contributed by atoms with Gasteiger partial charge in [-0.05, 0) is 48.4 Å². The summed E-state index contributed by atoms with van der Waals surface area (Å²) in [5.74, 6) is 2.04. The second-order valence-electron chi connectivity index (χ2n) is 9.04. The molecule has 0 atom stereocenters. The molecule has 2 aromatic heterocycles. The number of aryl methyl sites for hydroxylation is 1. The lowest BCUT2D eigenvalue weighted by atomic mass is 10.1. The number of ether oxygens (including phenoxy) is 2. The van der Waals surface area contributed by atoms with Crippen LogP contribution >= 0.6 is 11.6 Å². The van der Waals surface area contributed by atoms with E-state index in [1.54, 1.807) is 10.7 Å². The van der Waals surface area contributed by atoms with Gasteiger partial charge in [-0.2, -0.15) is 9.61 Å². The lowest BCUT2D eigenvalue weighted by Gasteiger charge is -2.13. The van der Waals surface area contributed by atoms with Crippen LogP contribution in [0.15, 0.2) is 79.0 Å². The normalized spacial score (nSPS) is 12.1. The highest BCUT2D eigenvalue weighted by molar-refractivity contribution is 6.33. The predicted molar refractivity (Wildman–Crippen MR) is 147 cm³/mol. The van der Waals surface area contributed by atoms with Crippen molar-refractivity contribution in [2.75, 3.05) is 17.4 Å². The molecule has 0 radical (unpaired) electrons. The van der Waals surface area contributed by atoms with Crippen molar-refractivity contribution in [1.29, 1.82) is 0 Å². The number of carbonyl (C=O) groups excluding carboxylic acids is 1. The lowest BCUT2D eigenvalue weighted by Crippen LogP contribution is -2.14. The van der Waals surface area contributed by atoms with E-state index in [1.165, 1.54) is 0 Å². The van der Waals surface area contributed by atoms with Crippen LogP contribution < -0.4 is 20.1 Å². The number of halogens is 1. The van der Waals surface area contributed by atoms with Crippen LogP contribution in [0.3, 0.4) is 0 Å². The predicted octanol–water partition coefficient (Wildman–Crippen LogP) is 5.88. The van der Waals surface area contributed by atoms with Crippen molar-refractivity contribution < 1.29 is 14.3 Å². The van der Waals surface area contributed by atoms with Gasteiger partial charge in [-0.25, -0.2) is 4.98 Å². The minimum absolute atomic E-state index is 0.110. The van der Waals surface area contributed by atoms with Gasteiger partial charge in [0.15, 0.2) is 17.1 Å². The van der Waals surface area contributed by atoms with Crippen LogP contribution in [-0.4, -0.2) is 27.3 Å². The van der Waals surface area contributed by atoms with Gasteiger partial charge in [-0.3, -0.25) is 4.79 Å². The van der Waals surface area contributed by atoms with Crippen LogP contribution in [0.25, 0.3) is 16.9 Å². The fourth-order valence-electron chi connectivity index (χ4n) is 4.40. The zero-order chi connectivity index (χ0) is 26.1. The molecule has 0 unspecified atom stereocenters. The van der Waals surface area contributed by atoms with Crippen molar-refractivity contribution in [1.82, 2.24) is 14.6 Å². The number of carbonyl (C=O) groups is 1. The summed E-state index contributed by atoms with van der Waals surface area (Å²) < 4.78 is 12.5. The number of aromatic nitrogens is 3. The van der Waals surface area contributed by atoms with Crippen molar-refractivity contribution in [2.24, 2.45) is 0 Å². The molecule has 9 heteroatoms. The van der Waals surface area contributed by atoms with Gasteiger partial charge in [-0.1, -0.05) is 48.0 Å². The summed E-state index contributed by atoms with van der Waals surface area (Å²) in [5, 5.41) is 11.6. The molecule has 5 aromatic rings. The van der Waals surface area contributed by atoms with Gasteiger partial charge in [0.25, 0.3) is 0 Å². The van der Waals surface area contributed by atoms with E-state index in [1.807, 2.05) is 79.7 Å². The van der Waals surface area contributed by atoms with Crippen molar-refractivity contribution in [3.8, 4) is 22.8 Å². The largest absolute Gasteiger partial charge is 0.454 e. The maximum Gasteiger partial charge on any atom is 0.231 e. The summed E-state index contributed by atoms with van der Waals surface area (Å²) in [6.07, 6.45) is 2.03. The summed E-state index contributed by atoms with van der Waals surface area (Å²) in [6.45, 7) is 2.70. The third-order valence-corrected chi connectivity index (χ3v) is 6.61. The summed E-state index contributed by atoms with van der Waals surface area (Å²) in [6, 6.07) is 22.9. The molecule has 0 aliphatic carbocycles. The van der Waals surface area contributed by atoms with E-state index in [-0.39, 0.29) is 19.1 Å². The van der Waals surface area contributed by atoms with E-state index >= 15 is 0 Å². The lowest BCUT2D eigenvalue weighted by molar-refractivity contribution is -0.115.